The summed E-state index contributed by atoms with van der Waals surface area (Å²) in [5.74, 6) is -3.61. The van der Waals surface area contributed by atoms with Gasteiger partial charge in [-0.1, -0.05) is 0 Å². The molecule has 2 heterocycles. The summed E-state index contributed by atoms with van der Waals surface area (Å²) in [6.45, 7) is -1.08. The van der Waals surface area contributed by atoms with Gasteiger partial charge in [-0.05, 0) is 6.42 Å². The van der Waals surface area contributed by atoms with Crippen LogP contribution >= 0.6 is 0 Å². The van der Waals surface area contributed by atoms with Crippen molar-refractivity contribution in [2.75, 3.05) is 19.6 Å². The van der Waals surface area contributed by atoms with Crippen LogP contribution in [-0.2, 0) is 14.4 Å². The van der Waals surface area contributed by atoms with E-state index in [9.17, 15) is 27.6 Å². The van der Waals surface area contributed by atoms with Gasteiger partial charge in [-0.15, -0.1) is 0 Å². The van der Waals surface area contributed by atoms with E-state index >= 15 is 0 Å². The Morgan fingerprint density at radius 3 is 2.45 bits per heavy atom. The highest BCUT2D eigenvalue weighted by molar-refractivity contribution is 5.90. The van der Waals surface area contributed by atoms with Gasteiger partial charge in [-0.3, -0.25) is 14.4 Å². The van der Waals surface area contributed by atoms with Crippen molar-refractivity contribution in [2.45, 2.75) is 19.0 Å². The first-order valence-electron chi connectivity index (χ1n) is 6.03. The Bertz CT molecular complexity index is 465. The number of halogens is 3. The van der Waals surface area contributed by atoms with E-state index in [1.165, 1.54) is 0 Å². The van der Waals surface area contributed by atoms with Gasteiger partial charge in [0.05, 0.1) is 5.92 Å². The molecule has 0 aliphatic carbocycles. The second kappa shape index (κ2) is 4.64. The number of nitrogens with one attached hydrogen (secondary N) is 1. The number of carboxylic acids is 1. The molecule has 9 heteroatoms. The maximum atomic E-state index is 13.0. The van der Waals surface area contributed by atoms with E-state index in [2.05, 4.69) is 5.32 Å². The minimum Gasteiger partial charge on any atom is -0.481 e. The van der Waals surface area contributed by atoms with Crippen LogP contribution in [-0.4, -0.2) is 53.6 Å². The zero-order valence-electron chi connectivity index (χ0n) is 10.4. The van der Waals surface area contributed by atoms with Crippen LogP contribution < -0.4 is 5.32 Å². The standard InChI is InChI=1S/C11H13F3N2O4/c12-11(13,14)10(9(19)20)1-2-16(5-10)8(18)6-3-7(17)15-4-6/h6H,1-5H2,(H,15,17)(H,19,20). The Kier molecular flexibility index (Phi) is 3.39. The number of nitrogens with zero attached hydrogens (tertiary/aromatic N) is 1. The fourth-order valence-electron chi connectivity index (χ4n) is 2.56. The molecule has 2 atom stereocenters. The van der Waals surface area contributed by atoms with E-state index in [0.717, 1.165) is 4.90 Å². The number of hydrogen-bond acceptors (Lipinski definition) is 3. The molecule has 2 saturated heterocycles. The molecule has 2 rings (SSSR count). The number of alkyl halides is 3. The van der Waals surface area contributed by atoms with E-state index < -0.39 is 42.4 Å². The number of carbonyl (C=O) groups is 3. The first kappa shape index (κ1) is 14.6. The van der Waals surface area contributed by atoms with Gasteiger partial charge in [0.1, 0.15) is 0 Å². The van der Waals surface area contributed by atoms with Crippen molar-refractivity contribution >= 4 is 17.8 Å². The van der Waals surface area contributed by atoms with Crippen molar-refractivity contribution in [3.05, 3.63) is 0 Å². The Morgan fingerprint density at radius 2 is 2.05 bits per heavy atom. The monoisotopic (exact) mass is 294 g/mol. The molecule has 0 aromatic rings. The van der Waals surface area contributed by atoms with E-state index in [-0.39, 0.29) is 25.4 Å². The molecule has 112 valence electrons. The lowest BCUT2D eigenvalue weighted by atomic mass is 9.86. The Balaban J connectivity index is 2.13. The zero-order chi connectivity index (χ0) is 15.1. The predicted octanol–water partition coefficient (Wildman–Crippen LogP) is -0.0119. The molecule has 6 nitrogen and oxygen atoms in total. The molecule has 2 aliphatic rings. The van der Waals surface area contributed by atoms with Crippen LogP contribution in [0.15, 0.2) is 0 Å². The summed E-state index contributed by atoms with van der Waals surface area (Å²) in [6, 6.07) is 0. The average molecular weight is 294 g/mol. The Labute approximate surface area is 111 Å². The Morgan fingerprint density at radius 1 is 1.40 bits per heavy atom. The van der Waals surface area contributed by atoms with E-state index in [4.69, 9.17) is 5.11 Å². The predicted molar refractivity (Wildman–Crippen MR) is 58.4 cm³/mol. The summed E-state index contributed by atoms with van der Waals surface area (Å²) in [5, 5.41) is 11.3. The number of aliphatic carboxylic acids is 1. The van der Waals surface area contributed by atoms with E-state index in [1.807, 2.05) is 0 Å². The normalized spacial score (nSPS) is 30.4. The minimum atomic E-state index is -4.92. The topological polar surface area (TPSA) is 86.7 Å². The number of likely N-dealkylation sites (tertiary alicyclic amines) is 1. The highest BCUT2D eigenvalue weighted by atomic mass is 19.4. The van der Waals surface area contributed by atoms with Crippen LogP contribution in [0.1, 0.15) is 12.8 Å². The van der Waals surface area contributed by atoms with Crippen LogP contribution in [0.25, 0.3) is 0 Å². The van der Waals surface area contributed by atoms with Crippen LogP contribution in [0.5, 0.6) is 0 Å². The molecular weight excluding hydrogens is 281 g/mol. The first-order chi connectivity index (χ1) is 9.17. The minimum absolute atomic E-state index is 0.0680. The highest BCUT2D eigenvalue weighted by Crippen LogP contribution is 2.46. The SMILES string of the molecule is O=C1CC(C(=O)N2CCC(C(=O)O)(C(F)(F)F)C2)CN1. The largest absolute Gasteiger partial charge is 0.481 e. The quantitative estimate of drug-likeness (QED) is 0.750. The summed E-state index contributed by atoms with van der Waals surface area (Å²) in [7, 11) is 0. The van der Waals surface area contributed by atoms with Gasteiger partial charge in [-0.2, -0.15) is 13.2 Å². The lowest BCUT2D eigenvalue weighted by molar-refractivity contribution is -0.227. The van der Waals surface area contributed by atoms with E-state index in [0.29, 0.717) is 0 Å². The second-order valence-electron chi connectivity index (χ2n) is 5.10. The van der Waals surface area contributed by atoms with Crippen LogP contribution in [0.3, 0.4) is 0 Å². The number of hydrogen-bond donors (Lipinski definition) is 2. The van der Waals surface area contributed by atoms with Crippen LogP contribution in [0.2, 0.25) is 0 Å². The fraction of sp³-hybridized carbons (Fsp3) is 0.727. The lowest BCUT2D eigenvalue weighted by Crippen LogP contribution is -2.48. The third kappa shape index (κ3) is 2.20. The highest BCUT2D eigenvalue weighted by Gasteiger charge is 2.64. The fourth-order valence-corrected chi connectivity index (χ4v) is 2.56. The Hall–Kier alpha value is -1.80. The number of rotatable bonds is 2. The first-order valence-corrected chi connectivity index (χ1v) is 6.03. The van der Waals surface area contributed by atoms with Gasteiger partial charge in [0.2, 0.25) is 11.8 Å². The number of carboxylic acid groups (broad SMARTS) is 1. The maximum Gasteiger partial charge on any atom is 0.406 e. The molecule has 2 unspecified atom stereocenters. The van der Waals surface area contributed by atoms with Gasteiger partial charge in [0, 0.05) is 26.1 Å². The van der Waals surface area contributed by atoms with Gasteiger partial charge in [0.25, 0.3) is 0 Å². The smallest absolute Gasteiger partial charge is 0.406 e. The molecule has 0 radical (unpaired) electrons. The maximum absolute atomic E-state index is 13.0. The molecular formula is C11H13F3N2O4. The van der Waals surface area contributed by atoms with Gasteiger partial charge < -0.3 is 15.3 Å². The molecule has 2 aliphatic heterocycles. The third-order valence-electron chi connectivity index (χ3n) is 3.86. The lowest BCUT2D eigenvalue weighted by Gasteiger charge is -2.27. The molecule has 2 amide bonds. The number of carbonyl (C=O) groups excluding carboxylic acids is 2. The van der Waals surface area contributed by atoms with Gasteiger partial charge >= 0.3 is 12.1 Å². The van der Waals surface area contributed by atoms with Gasteiger partial charge in [-0.25, -0.2) is 0 Å². The molecule has 0 spiro atoms. The summed E-state index contributed by atoms with van der Waals surface area (Å²) in [6.07, 6.45) is -5.65. The summed E-state index contributed by atoms with van der Waals surface area (Å²) >= 11 is 0. The summed E-state index contributed by atoms with van der Waals surface area (Å²) in [5.41, 5.74) is -2.90. The second-order valence-corrected chi connectivity index (χ2v) is 5.10. The molecule has 2 N–H and O–H groups in total. The molecule has 0 aromatic heterocycles. The van der Waals surface area contributed by atoms with E-state index in [1.54, 1.807) is 0 Å². The van der Waals surface area contributed by atoms with Crippen LogP contribution in [0, 0.1) is 11.3 Å². The summed E-state index contributed by atoms with van der Waals surface area (Å²) < 4.78 is 38.9. The molecule has 0 bridgehead atoms. The average Bonchev–Trinajstić information content (AvgIpc) is 2.93. The van der Waals surface area contributed by atoms with Crippen molar-refractivity contribution < 1.29 is 32.7 Å². The zero-order valence-corrected chi connectivity index (χ0v) is 10.4. The van der Waals surface area contributed by atoms with Crippen molar-refractivity contribution in [3.8, 4) is 0 Å². The molecule has 20 heavy (non-hydrogen) atoms. The van der Waals surface area contributed by atoms with Crippen molar-refractivity contribution in [1.82, 2.24) is 10.2 Å². The third-order valence-corrected chi connectivity index (χ3v) is 3.86. The molecule has 0 saturated carbocycles. The van der Waals surface area contributed by atoms with Gasteiger partial charge in [0.15, 0.2) is 5.41 Å². The summed E-state index contributed by atoms with van der Waals surface area (Å²) in [4.78, 5) is 34.9. The van der Waals surface area contributed by atoms with Crippen molar-refractivity contribution in [1.29, 1.82) is 0 Å². The number of amides is 2. The molecule has 0 aromatic carbocycles. The van der Waals surface area contributed by atoms with Crippen molar-refractivity contribution in [3.63, 3.8) is 0 Å². The van der Waals surface area contributed by atoms with Crippen LogP contribution in [0.4, 0.5) is 13.2 Å². The molecule has 2 fully saturated rings. The van der Waals surface area contributed by atoms with Crippen molar-refractivity contribution in [2.24, 2.45) is 11.3 Å².